The van der Waals surface area contributed by atoms with Gasteiger partial charge in [0.15, 0.2) is 0 Å². The summed E-state index contributed by atoms with van der Waals surface area (Å²) in [4.78, 5) is 2.12. The van der Waals surface area contributed by atoms with Crippen LogP contribution in [0.3, 0.4) is 0 Å². The fraction of sp³-hybridized carbons (Fsp3) is 0.500. The number of likely N-dealkylation sites (N-methyl/N-ethyl adjacent to an activating group) is 1. The normalized spacial score (nSPS) is 22.6. The van der Waals surface area contributed by atoms with Crippen molar-refractivity contribution in [3.8, 4) is 5.75 Å². The van der Waals surface area contributed by atoms with E-state index < -0.39 is 0 Å². The lowest BCUT2D eigenvalue weighted by atomic mass is 9.76. The fourth-order valence-corrected chi connectivity index (χ4v) is 4.12. The number of hydrogen-bond donors (Lipinski definition) is 0. The minimum atomic E-state index is 0.131. The van der Waals surface area contributed by atoms with Crippen LogP contribution < -0.4 is 4.74 Å². The Morgan fingerprint density at radius 2 is 1.86 bits per heavy atom. The van der Waals surface area contributed by atoms with Crippen LogP contribution in [-0.2, 0) is 4.74 Å². The number of hydrogen-bond acceptors (Lipinski definition) is 3. The molecule has 2 aromatic rings. The molecule has 28 heavy (non-hydrogen) atoms. The molecule has 0 amide bonds. The highest BCUT2D eigenvalue weighted by atomic mass is 35.5. The molecule has 1 aliphatic heterocycles. The first-order valence-electron chi connectivity index (χ1n) is 10.2. The molecular formula is C24H32ClNO2. The highest BCUT2D eigenvalue weighted by Gasteiger charge is 2.35. The van der Waals surface area contributed by atoms with Crippen molar-refractivity contribution in [2.45, 2.75) is 32.3 Å². The van der Waals surface area contributed by atoms with Gasteiger partial charge in [0.1, 0.15) is 12.4 Å². The number of halogens is 1. The molecule has 1 aliphatic rings. The van der Waals surface area contributed by atoms with Gasteiger partial charge < -0.3 is 14.4 Å². The lowest BCUT2D eigenvalue weighted by Crippen LogP contribution is -2.31. The summed E-state index contributed by atoms with van der Waals surface area (Å²) in [5, 5.41) is 0.797. The first-order valence-corrected chi connectivity index (χ1v) is 10.6. The fourth-order valence-electron chi connectivity index (χ4n) is 3.92. The summed E-state index contributed by atoms with van der Waals surface area (Å²) in [7, 11) is 4.10. The SMILES string of the molecule is CC(C)[C@@H]1C[C@H](c2cccc(Cl)c2)CO[C@H]1c1ccc(OCCN(C)C)cc1. The lowest BCUT2D eigenvalue weighted by molar-refractivity contribution is -0.0552. The minimum Gasteiger partial charge on any atom is -0.492 e. The quantitative estimate of drug-likeness (QED) is 0.585. The Bertz CT molecular complexity index is 745. The monoisotopic (exact) mass is 401 g/mol. The second-order valence-electron chi connectivity index (χ2n) is 8.37. The van der Waals surface area contributed by atoms with E-state index in [1.807, 2.05) is 12.1 Å². The smallest absolute Gasteiger partial charge is 0.119 e. The number of benzene rings is 2. The average Bonchev–Trinajstić information content (AvgIpc) is 2.68. The minimum absolute atomic E-state index is 0.131. The van der Waals surface area contributed by atoms with Gasteiger partial charge in [-0.2, -0.15) is 0 Å². The third-order valence-electron chi connectivity index (χ3n) is 5.61. The Labute approximate surface area is 174 Å². The zero-order valence-corrected chi connectivity index (χ0v) is 18.2. The van der Waals surface area contributed by atoms with E-state index in [1.54, 1.807) is 0 Å². The summed E-state index contributed by atoms with van der Waals surface area (Å²) in [6.45, 7) is 6.92. The van der Waals surface area contributed by atoms with E-state index in [9.17, 15) is 0 Å². The van der Waals surface area contributed by atoms with Crippen molar-refractivity contribution in [2.75, 3.05) is 33.9 Å². The molecular weight excluding hydrogens is 370 g/mol. The molecule has 3 rings (SSSR count). The Hall–Kier alpha value is -1.55. The summed E-state index contributed by atoms with van der Waals surface area (Å²) in [5.74, 6) is 2.33. The third kappa shape index (κ3) is 5.50. The predicted molar refractivity (Wildman–Crippen MR) is 116 cm³/mol. The molecule has 0 bridgehead atoms. The molecule has 0 radical (unpaired) electrons. The molecule has 4 heteroatoms. The van der Waals surface area contributed by atoms with Crippen molar-refractivity contribution in [2.24, 2.45) is 11.8 Å². The maximum absolute atomic E-state index is 6.41. The van der Waals surface area contributed by atoms with E-state index in [-0.39, 0.29) is 6.10 Å². The molecule has 3 atom stereocenters. The van der Waals surface area contributed by atoms with E-state index in [0.29, 0.717) is 24.4 Å². The predicted octanol–water partition coefficient (Wildman–Crippen LogP) is 5.80. The van der Waals surface area contributed by atoms with Gasteiger partial charge >= 0.3 is 0 Å². The highest BCUT2D eigenvalue weighted by Crippen LogP contribution is 2.43. The van der Waals surface area contributed by atoms with Gasteiger partial charge in [-0.25, -0.2) is 0 Å². The summed E-state index contributed by atoms with van der Waals surface area (Å²) >= 11 is 6.20. The van der Waals surface area contributed by atoms with Crippen LogP contribution in [0.2, 0.25) is 5.02 Å². The Morgan fingerprint density at radius 3 is 2.50 bits per heavy atom. The van der Waals surface area contributed by atoms with Gasteiger partial charge in [-0.1, -0.05) is 49.7 Å². The molecule has 1 fully saturated rings. The summed E-state index contributed by atoms with van der Waals surface area (Å²) < 4.78 is 12.2. The molecule has 1 heterocycles. The summed E-state index contributed by atoms with van der Waals surface area (Å²) in [6.07, 6.45) is 1.25. The van der Waals surface area contributed by atoms with Crippen molar-refractivity contribution in [3.05, 3.63) is 64.7 Å². The van der Waals surface area contributed by atoms with Crippen LogP contribution in [0, 0.1) is 11.8 Å². The topological polar surface area (TPSA) is 21.7 Å². The molecule has 0 N–H and O–H groups in total. The molecule has 1 saturated heterocycles. The van der Waals surface area contributed by atoms with Crippen LogP contribution in [0.4, 0.5) is 0 Å². The van der Waals surface area contributed by atoms with Crippen LogP contribution in [-0.4, -0.2) is 38.8 Å². The molecule has 0 unspecified atom stereocenters. The lowest BCUT2D eigenvalue weighted by Gasteiger charge is -2.39. The molecule has 152 valence electrons. The Kier molecular flexibility index (Phi) is 7.39. The first-order chi connectivity index (χ1) is 13.4. The number of rotatable bonds is 7. The van der Waals surface area contributed by atoms with Crippen LogP contribution in [0.1, 0.15) is 43.4 Å². The van der Waals surface area contributed by atoms with Gasteiger partial charge in [-0.15, -0.1) is 0 Å². The second-order valence-corrected chi connectivity index (χ2v) is 8.81. The van der Waals surface area contributed by atoms with Crippen LogP contribution in [0.5, 0.6) is 5.75 Å². The highest BCUT2D eigenvalue weighted by molar-refractivity contribution is 6.30. The van der Waals surface area contributed by atoms with Crippen molar-refractivity contribution in [1.82, 2.24) is 4.90 Å². The van der Waals surface area contributed by atoms with Crippen LogP contribution in [0.25, 0.3) is 0 Å². The second kappa shape index (κ2) is 9.78. The van der Waals surface area contributed by atoms with Crippen LogP contribution >= 0.6 is 11.6 Å². The molecule has 0 aromatic heterocycles. The molecule has 3 nitrogen and oxygen atoms in total. The van der Waals surface area contributed by atoms with Gasteiger partial charge in [0, 0.05) is 17.5 Å². The summed E-state index contributed by atoms with van der Waals surface area (Å²) in [5.41, 5.74) is 2.52. The van der Waals surface area contributed by atoms with Gasteiger partial charge in [-0.05, 0) is 67.7 Å². The van der Waals surface area contributed by atoms with E-state index >= 15 is 0 Å². The zero-order chi connectivity index (χ0) is 20.1. The van der Waals surface area contributed by atoms with Gasteiger partial charge in [0.25, 0.3) is 0 Å². The van der Waals surface area contributed by atoms with Gasteiger partial charge in [-0.3, -0.25) is 0 Å². The van der Waals surface area contributed by atoms with Gasteiger partial charge in [0.2, 0.25) is 0 Å². The Morgan fingerprint density at radius 1 is 1.11 bits per heavy atom. The zero-order valence-electron chi connectivity index (χ0n) is 17.4. The van der Waals surface area contributed by atoms with Crippen molar-refractivity contribution < 1.29 is 9.47 Å². The molecule has 2 aromatic carbocycles. The summed E-state index contributed by atoms with van der Waals surface area (Å²) in [6, 6.07) is 16.6. The maximum Gasteiger partial charge on any atom is 0.119 e. The van der Waals surface area contributed by atoms with Crippen molar-refractivity contribution in [1.29, 1.82) is 0 Å². The van der Waals surface area contributed by atoms with Crippen molar-refractivity contribution >= 4 is 11.6 Å². The largest absolute Gasteiger partial charge is 0.492 e. The number of ether oxygens (including phenoxy) is 2. The maximum atomic E-state index is 6.41. The van der Waals surface area contributed by atoms with E-state index in [4.69, 9.17) is 21.1 Å². The van der Waals surface area contributed by atoms with Crippen LogP contribution in [0.15, 0.2) is 48.5 Å². The average molecular weight is 402 g/mol. The standard InChI is InChI=1S/C24H32ClNO2/c1-17(2)23-15-20(19-6-5-7-21(25)14-19)16-28-24(23)18-8-10-22(11-9-18)27-13-12-26(3)4/h5-11,14,17,20,23-24H,12-13,15-16H2,1-4H3/t20-,23-,24-/m0/s1. The molecule has 0 aliphatic carbocycles. The van der Waals surface area contributed by atoms with E-state index in [2.05, 4.69) is 69.2 Å². The van der Waals surface area contributed by atoms with E-state index in [0.717, 1.165) is 30.3 Å². The molecule has 0 saturated carbocycles. The first kappa shape index (κ1) is 21.2. The van der Waals surface area contributed by atoms with Gasteiger partial charge in [0.05, 0.1) is 12.7 Å². The van der Waals surface area contributed by atoms with E-state index in [1.165, 1.54) is 11.1 Å². The third-order valence-corrected chi connectivity index (χ3v) is 5.85. The Balaban J connectivity index is 1.68. The van der Waals surface area contributed by atoms with Crippen molar-refractivity contribution in [3.63, 3.8) is 0 Å². The number of nitrogens with zero attached hydrogens (tertiary/aromatic N) is 1. The molecule has 0 spiro atoms.